The van der Waals surface area contributed by atoms with E-state index in [2.05, 4.69) is 5.87 Å². The molecule has 0 saturated carbocycles. The van der Waals surface area contributed by atoms with Crippen LogP contribution in [0, 0.1) is 0 Å². The van der Waals surface area contributed by atoms with Crippen LogP contribution in [0.25, 0.3) is 0 Å². The number of halogens is 3. The maximum Gasteiger partial charge on any atom is 0.0595 e. The van der Waals surface area contributed by atoms with Crippen molar-refractivity contribution in [3.63, 3.8) is 0 Å². The second kappa shape index (κ2) is 4.09. The first kappa shape index (κ1) is 11.2. The molecule has 1 unspecified atom stereocenters. The summed E-state index contributed by atoms with van der Waals surface area (Å²) in [6.45, 7) is 0. The average molecular weight is 258 g/mol. The summed E-state index contributed by atoms with van der Waals surface area (Å²) in [7, 11) is 2.96. The van der Waals surface area contributed by atoms with Gasteiger partial charge in [0.05, 0.1) is 24.5 Å². The van der Waals surface area contributed by atoms with Gasteiger partial charge in [0.15, 0.2) is 0 Å². The lowest BCUT2D eigenvalue weighted by molar-refractivity contribution is 0.689. The van der Waals surface area contributed by atoms with E-state index < -0.39 is 8.74 Å². The minimum absolute atomic E-state index is 0.200. The molecule has 1 rings (SSSR count). The molecule has 1 aromatic rings. The highest BCUT2D eigenvalue weighted by atomic mass is 35.7. The predicted octanol–water partition coefficient (Wildman–Crippen LogP) is 3.36. The first-order valence-electron chi connectivity index (χ1n) is 3.37. The summed E-state index contributed by atoms with van der Waals surface area (Å²) in [5, 5.41) is 0.898. The van der Waals surface area contributed by atoms with E-state index in [4.69, 9.17) is 33.9 Å². The molecule has 0 N–H and O–H groups in total. The predicted molar refractivity (Wildman–Crippen MR) is 61.3 cm³/mol. The summed E-state index contributed by atoms with van der Waals surface area (Å²) in [5.74, 6) is 3.53. The molecule has 1 nitrogen and oxygen atoms in total. The topological polar surface area (TPSA) is 17.1 Å². The Labute approximate surface area is 92.1 Å². The van der Waals surface area contributed by atoms with Crippen LogP contribution in [-0.4, -0.2) is 10.1 Å². The van der Waals surface area contributed by atoms with Crippen LogP contribution in [0.5, 0.6) is 0 Å². The fourth-order valence-corrected chi connectivity index (χ4v) is 2.25. The third-order valence-electron chi connectivity index (χ3n) is 1.37. The molecule has 0 aliphatic rings. The number of hydrogen-bond donors (Lipinski definition) is 0. The molecule has 0 spiro atoms. The van der Waals surface area contributed by atoms with Crippen molar-refractivity contribution in [3.05, 3.63) is 33.8 Å². The Kier molecular flexibility index (Phi) is 3.52. The lowest BCUT2D eigenvalue weighted by atomic mass is 10.2. The first-order chi connectivity index (χ1) is 5.88. The van der Waals surface area contributed by atoms with Gasteiger partial charge in [0.1, 0.15) is 0 Å². The normalized spacial score (nSPS) is 15.3. The Morgan fingerprint density at radius 1 is 1.31 bits per heavy atom. The fraction of sp³-hybridized carbons (Fsp3) is 0.125. The molecule has 0 aromatic heterocycles. The van der Waals surface area contributed by atoms with E-state index in [1.165, 1.54) is 0 Å². The summed E-state index contributed by atoms with van der Waals surface area (Å²) >= 11 is 11.5. The average Bonchev–Trinajstić information content (AvgIpc) is 1.94. The molecule has 72 valence electrons. The van der Waals surface area contributed by atoms with Gasteiger partial charge in [-0.15, -0.1) is 0 Å². The molecule has 0 bridgehead atoms. The van der Waals surface area contributed by atoms with Crippen molar-refractivity contribution >= 4 is 48.5 Å². The lowest BCUT2D eigenvalue weighted by Gasteiger charge is -2.02. The van der Waals surface area contributed by atoms with Crippen molar-refractivity contribution in [1.82, 2.24) is 0 Å². The van der Waals surface area contributed by atoms with Gasteiger partial charge in [-0.05, 0) is 34.2 Å². The van der Waals surface area contributed by atoms with E-state index in [1.807, 2.05) is 0 Å². The van der Waals surface area contributed by atoms with Crippen LogP contribution in [-0.2, 0) is 14.5 Å². The van der Waals surface area contributed by atoms with Crippen LogP contribution in [0.4, 0.5) is 0 Å². The minimum atomic E-state index is -2.54. The largest absolute Gasteiger partial charge is 0.252 e. The fourth-order valence-electron chi connectivity index (χ4n) is 0.878. The summed E-state index contributed by atoms with van der Waals surface area (Å²) in [4.78, 5) is 0. The van der Waals surface area contributed by atoms with E-state index in [-0.39, 0.29) is 5.75 Å². The monoisotopic (exact) mass is 256 g/mol. The van der Waals surface area contributed by atoms with Gasteiger partial charge in [-0.1, -0.05) is 29.3 Å². The van der Waals surface area contributed by atoms with E-state index in [1.54, 1.807) is 18.2 Å². The summed E-state index contributed by atoms with van der Waals surface area (Å²) < 4.78 is 11.1. The van der Waals surface area contributed by atoms with Crippen molar-refractivity contribution < 1.29 is 4.21 Å². The van der Waals surface area contributed by atoms with Crippen LogP contribution in [0.1, 0.15) is 5.56 Å². The van der Waals surface area contributed by atoms with E-state index in [9.17, 15) is 4.21 Å². The molecule has 1 aromatic carbocycles. The van der Waals surface area contributed by atoms with Gasteiger partial charge in [0, 0.05) is 0 Å². The summed E-state index contributed by atoms with van der Waals surface area (Å²) in [5.41, 5.74) is 0.768. The number of hydrogen-bond acceptors (Lipinski definition) is 1. The van der Waals surface area contributed by atoms with Gasteiger partial charge in [-0.3, -0.25) is 4.21 Å². The molecular formula is C8H7Cl3OS. The zero-order chi connectivity index (χ0) is 10.1. The number of benzene rings is 1. The van der Waals surface area contributed by atoms with Gasteiger partial charge in [0.25, 0.3) is 0 Å². The van der Waals surface area contributed by atoms with Crippen molar-refractivity contribution in [2.24, 2.45) is 0 Å². The molecule has 0 amide bonds. The maximum absolute atomic E-state index is 11.1. The van der Waals surface area contributed by atoms with Crippen LogP contribution >= 0.6 is 33.9 Å². The van der Waals surface area contributed by atoms with Crippen LogP contribution in [0.2, 0.25) is 10.0 Å². The Morgan fingerprint density at radius 3 is 2.38 bits per heavy atom. The molecule has 0 saturated heterocycles. The summed E-state index contributed by atoms with van der Waals surface area (Å²) in [6.07, 6.45) is 0. The highest BCUT2D eigenvalue weighted by Gasteiger charge is 2.03. The van der Waals surface area contributed by atoms with E-state index in [0.29, 0.717) is 10.0 Å². The Hall–Kier alpha value is 0.110. The van der Waals surface area contributed by atoms with Crippen molar-refractivity contribution in [2.45, 2.75) is 5.75 Å². The smallest absolute Gasteiger partial charge is 0.0595 e. The second-order valence-corrected chi connectivity index (χ2v) is 6.85. The van der Waals surface area contributed by atoms with Crippen molar-refractivity contribution in [3.8, 4) is 0 Å². The van der Waals surface area contributed by atoms with Crippen molar-refractivity contribution in [2.75, 3.05) is 0 Å². The second-order valence-electron chi connectivity index (χ2n) is 2.61. The van der Waals surface area contributed by atoms with E-state index >= 15 is 0 Å². The molecule has 1 atom stereocenters. The van der Waals surface area contributed by atoms with Gasteiger partial charge in [-0.25, -0.2) is 0 Å². The zero-order valence-corrected chi connectivity index (χ0v) is 9.68. The van der Waals surface area contributed by atoms with Crippen LogP contribution in [0.15, 0.2) is 18.2 Å². The van der Waals surface area contributed by atoms with E-state index in [0.717, 1.165) is 5.56 Å². The van der Waals surface area contributed by atoms with Gasteiger partial charge in [0.2, 0.25) is 0 Å². The molecular weight excluding hydrogens is 251 g/mol. The Bertz CT molecular complexity index is 411. The molecule has 0 radical (unpaired) electrons. The van der Waals surface area contributed by atoms with Gasteiger partial charge < -0.3 is 0 Å². The lowest BCUT2D eigenvalue weighted by Crippen LogP contribution is -1.94. The molecule has 0 heterocycles. The number of rotatable bonds is 2. The third kappa shape index (κ3) is 3.77. The van der Waals surface area contributed by atoms with Gasteiger partial charge >= 0.3 is 0 Å². The molecule has 0 fully saturated rings. The SMILES string of the molecule is C=S(=O)(Cl)Cc1ccc(Cl)c(Cl)c1. The van der Waals surface area contributed by atoms with Crippen LogP contribution in [0.3, 0.4) is 0 Å². The maximum atomic E-state index is 11.1. The third-order valence-corrected chi connectivity index (χ3v) is 3.20. The molecule has 0 aliphatic carbocycles. The molecule has 0 aliphatic heterocycles. The Morgan fingerprint density at radius 2 is 1.92 bits per heavy atom. The standard InChI is InChI=1S/C8H7Cl3OS/c1-13(11,12)5-6-2-3-7(9)8(10)4-6/h2-4H,1,5H2. The molecule has 5 heteroatoms. The highest BCUT2D eigenvalue weighted by Crippen LogP contribution is 2.23. The molecule has 13 heavy (non-hydrogen) atoms. The first-order valence-corrected chi connectivity index (χ1v) is 6.85. The van der Waals surface area contributed by atoms with Gasteiger partial charge in [-0.2, -0.15) is 0 Å². The quantitative estimate of drug-likeness (QED) is 0.586. The Balaban J connectivity index is 2.99. The zero-order valence-electron chi connectivity index (χ0n) is 6.60. The summed E-state index contributed by atoms with van der Waals surface area (Å²) in [6, 6.07) is 5.00. The van der Waals surface area contributed by atoms with Crippen molar-refractivity contribution in [1.29, 1.82) is 0 Å². The minimum Gasteiger partial charge on any atom is -0.252 e. The highest BCUT2D eigenvalue weighted by molar-refractivity contribution is 8.20. The van der Waals surface area contributed by atoms with Crippen LogP contribution < -0.4 is 0 Å².